The second-order valence-corrected chi connectivity index (χ2v) is 5.58. The zero-order valence-corrected chi connectivity index (χ0v) is 12.0. The van der Waals surface area contributed by atoms with Gasteiger partial charge in [-0.2, -0.15) is 0 Å². The van der Waals surface area contributed by atoms with Crippen LogP contribution in [0.25, 0.3) is 11.6 Å². The maximum Gasteiger partial charge on any atom is 0.245 e. The zero-order chi connectivity index (χ0) is 13.2. The van der Waals surface area contributed by atoms with Crippen molar-refractivity contribution in [3.8, 4) is 0 Å². The van der Waals surface area contributed by atoms with E-state index in [-0.39, 0.29) is 0 Å². The van der Waals surface area contributed by atoms with Gasteiger partial charge in [0, 0.05) is 20.9 Å². The number of hydrogen-bond acceptors (Lipinski definition) is 3. The second kappa shape index (κ2) is 5.19. The van der Waals surface area contributed by atoms with Crippen LogP contribution in [0.15, 0.2) is 41.4 Å². The summed E-state index contributed by atoms with van der Waals surface area (Å²) in [4.78, 5) is 6.92. The maximum atomic E-state index is 5.52. The smallest absolute Gasteiger partial charge is 0.245 e. The van der Waals surface area contributed by atoms with Crippen molar-refractivity contribution in [3.05, 3.63) is 51.7 Å². The molecule has 3 rings (SSSR count). The van der Waals surface area contributed by atoms with E-state index in [4.69, 9.17) is 16.2 Å². The molecule has 96 valence electrons. The molecule has 1 aromatic heterocycles. The molecule has 1 aliphatic heterocycles. The van der Waals surface area contributed by atoms with E-state index in [1.807, 2.05) is 24.3 Å². The molecule has 0 fully saturated rings. The summed E-state index contributed by atoms with van der Waals surface area (Å²) in [5.41, 5.74) is 2.90. The van der Waals surface area contributed by atoms with Gasteiger partial charge >= 0.3 is 0 Å². The van der Waals surface area contributed by atoms with Crippen molar-refractivity contribution in [2.24, 2.45) is 4.99 Å². The molecule has 19 heavy (non-hydrogen) atoms. The van der Waals surface area contributed by atoms with Crippen LogP contribution < -0.4 is 0 Å². The second-order valence-electron chi connectivity index (χ2n) is 4.23. The van der Waals surface area contributed by atoms with Crippen molar-refractivity contribution in [1.29, 1.82) is 0 Å². The van der Waals surface area contributed by atoms with Crippen LogP contribution in [0.3, 0.4) is 0 Å². The number of benzene rings is 1. The molecule has 0 radical (unpaired) electrons. The van der Waals surface area contributed by atoms with Crippen LogP contribution in [0.5, 0.6) is 0 Å². The van der Waals surface area contributed by atoms with Gasteiger partial charge in [-0.1, -0.05) is 25.1 Å². The van der Waals surface area contributed by atoms with Gasteiger partial charge < -0.3 is 4.29 Å². The van der Waals surface area contributed by atoms with Crippen LogP contribution in [-0.4, -0.2) is 5.90 Å². The lowest BCUT2D eigenvalue weighted by Crippen LogP contribution is -1.95. The number of aryl methyl sites for hydroxylation is 1. The minimum atomic E-state index is 0.467. The van der Waals surface area contributed by atoms with Crippen molar-refractivity contribution in [2.75, 3.05) is 0 Å². The monoisotopic (exact) mass is 289 g/mol. The van der Waals surface area contributed by atoms with E-state index in [2.05, 4.69) is 30.1 Å². The number of aliphatic imine (C=N–C) groups is 1. The molecule has 0 bridgehead atoms. The number of rotatable bonds is 2. The summed E-state index contributed by atoms with van der Waals surface area (Å²) in [7, 11) is 0. The summed E-state index contributed by atoms with van der Waals surface area (Å²) < 4.78 is 4.87. The van der Waals surface area contributed by atoms with E-state index in [0.717, 1.165) is 23.2 Å². The highest BCUT2D eigenvalue weighted by atomic mass is 35.5. The van der Waals surface area contributed by atoms with Crippen LogP contribution in [0, 0.1) is 0 Å². The molecule has 0 spiro atoms. The summed E-state index contributed by atoms with van der Waals surface area (Å²) >= 11 is 7.30. The average Bonchev–Trinajstić information content (AvgIpc) is 3.04. The van der Waals surface area contributed by atoms with Gasteiger partial charge in [0.15, 0.2) is 0 Å². The van der Waals surface area contributed by atoms with E-state index in [1.54, 1.807) is 11.3 Å². The van der Waals surface area contributed by atoms with Crippen molar-refractivity contribution in [1.82, 2.24) is 0 Å². The molecule has 1 aromatic carbocycles. The third-order valence-corrected chi connectivity index (χ3v) is 4.36. The molecule has 0 N–H and O–H groups in total. The maximum absolute atomic E-state index is 5.52. The Morgan fingerprint density at radius 3 is 2.84 bits per heavy atom. The molecule has 2 aromatic rings. The van der Waals surface area contributed by atoms with Crippen LogP contribution in [0.2, 0.25) is 0 Å². The lowest BCUT2D eigenvalue weighted by Gasteiger charge is -2.00. The summed E-state index contributed by atoms with van der Waals surface area (Å²) in [5, 5.41) is 0. The number of hydrogen-bond donors (Lipinski definition) is 0. The van der Waals surface area contributed by atoms with Gasteiger partial charge in [0.05, 0.1) is 5.69 Å². The third-order valence-electron chi connectivity index (χ3n) is 3.04. The molecule has 0 amide bonds. The van der Waals surface area contributed by atoms with Crippen LogP contribution >= 0.6 is 23.2 Å². The Bertz CT molecular complexity index is 672. The van der Waals surface area contributed by atoms with Crippen LogP contribution in [0.4, 0.5) is 5.69 Å². The van der Waals surface area contributed by atoms with Gasteiger partial charge in [-0.05, 0) is 30.7 Å². The molecule has 2 heterocycles. The molecular formula is C15H12ClNOS. The van der Waals surface area contributed by atoms with Crippen molar-refractivity contribution >= 4 is 46.4 Å². The largest absolute Gasteiger partial charge is 0.364 e. The quantitative estimate of drug-likeness (QED) is 0.757. The molecule has 2 nitrogen and oxygen atoms in total. The average molecular weight is 290 g/mol. The Labute approximate surface area is 121 Å². The standard InChI is InChI=1S/C15H12ClNOS/c1-2-10-7-8-11(19-10)9-13-12-5-3-4-6-14(12)17-15(13)18-16/h3-9H,2H2,1H3. The number of nitrogens with zero attached hydrogens (tertiary/aromatic N) is 1. The fraction of sp³-hybridized carbons (Fsp3) is 0.133. The van der Waals surface area contributed by atoms with Crippen LogP contribution in [0.1, 0.15) is 22.2 Å². The first-order valence-electron chi connectivity index (χ1n) is 6.09. The molecule has 0 saturated carbocycles. The normalized spacial score (nSPS) is 15.5. The third kappa shape index (κ3) is 2.31. The highest BCUT2D eigenvalue weighted by Gasteiger charge is 2.22. The fourth-order valence-corrected chi connectivity index (χ4v) is 3.10. The molecule has 1 aliphatic rings. The van der Waals surface area contributed by atoms with E-state index < -0.39 is 0 Å². The Balaban J connectivity index is 2.05. The topological polar surface area (TPSA) is 21.6 Å². The number of fused-ring (bicyclic) bond motifs is 1. The fourth-order valence-electron chi connectivity index (χ4n) is 2.09. The van der Waals surface area contributed by atoms with E-state index >= 15 is 0 Å². The zero-order valence-electron chi connectivity index (χ0n) is 10.4. The predicted octanol–water partition coefficient (Wildman–Crippen LogP) is 5.07. The summed E-state index contributed by atoms with van der Waals surface area (Å²) in [5.74, 6) is 0.467. The highest BCUT2D eigenvalue weighted by Crippen LogP contribution is 2.37. The summed E-state index contributed by atoms with van der Waals surface area (Å²) in [6.07, 6.45) is 3.13. The number of halogens is 1. The molecule has 0 saturated heterocycles. The summed E-state index contributed by atoms with van der Waals surface area (Å²) in [6, 6.07) is 12.2. The molecule has 0 unspecified atom stereocenters. The Hall–Kier alpha value is -1.58. The minimum absolute atomic E-state index is 0.467. The lowest BCUT2D eigenvalue weighted by molar-refractivity contribution is 0.627. The Morgan fingerprint density at radius 1 is 1.26 bits per heavy atom. The van der Waals surface area contributed by atoms with Gasteiger partial charge in [-0.3, -0.25) is 0 Å². The van der Waals surface area contributed by atoms with Gasteiger partial charge in [0.1, 0.15) is 11.9 Å². The molecule has 4 heteroatoms. The van der Waals surface area contributed by atoms with E-state index in [0.29, 0.717) is 5.90 Å². The first kappa shape index (κ1) is 12.5. The van der Waals surface area contributed by atoms with Crippen molar-refractivity contribution < 1.29 is 4.29 Å². The van der Waals surface area contributed by atoms with Gasteiger partial charge in [-0.15, -0.1) is 11.3 Å². The molecule has 0 atom stereocenters. The number of thiophene rings is 1. The Morgan fingerprint density at radius 2 is 2.11 bits per heavy atom. The first-order chi connectivity index (χ1) is 9.31. The molecule has 0 aliphatic carbocycles. The number of para-hydroxylation sites is 1. The Kier molecular flexibility index (Phi) is 3.40. The van der Waals surface area contributed by atoms with Crippen molar-refractivity contribution in [3.63, 3.8) is 0 Å². The first-order valence-corrected chi connectivity index (χ1v) is 7.22. The minimum Gasteiger partial charge on any atom is -0.364 e. The van der Waals surface area contributed by atoms with Gasteiger partial charge in [0.25, 0.3) is 0 Å². The molecular weight excluding hydrogens is 278 g/mol. The van der Waals surface area contributed by atoms with E-state index in [9.17, 15) is 0 Å². The highest BCUT2D eigenvalue weighted by molar-refractivity contribution is 7.13. The van der Waals surface area contributed by atoms with Gasteiger partial charge in [-0.25, -0.2) is 4.99 Å². The predicted molar refractivity (Wildman–Crippen MR) is 82.0 cm³/mol. The SMILES string of the molecule is CCc1ccc(C=C2C(OCl)=Nc3ccccc32)s1. The summed E-state index contributed by atoms with van der Waals surface area (Å²) in [6.45, 7) is 2.16. The lowest BCUT2D eigenvalue weighted by atomic mass is 10.1. The van der Waals surface area contributed by atoms with Crippen LogP contribution in [-0.2, 0) is 10.7 Å². The van der Waals surface area contributed by atoms with E-state index in [1.165, 1.54) is 9.75 Å². The van der Waals surface area contributed by atoms with Gasteiger partial charge in [0.2, 0.25) is 5.90 Å². The van der Waals surface area contributed by atoms with Crippen molar-refractivity contribution in [2.45, 2.75) is 13.3 Å².